The molecular formula is C21H20OSi. The molecule has 23 heavy (non-hydrogen) atoms. The summed E-state index contributed by atoms with van der Waals surface area (Å²) in [6.07, 6.45) is 0.322. The van der Waals surface area contributed by atoms with Gasteiger partial charge in [0.15, 0.2) is 8.07 Å². The van der Waals surface area contributed by atoms with E-state index < -0.39 is 8.07 Å². The van der Waals surface area contributed by atoms with E-state index >= 15 is 0 Å². The summed E-state index contributed by atoms with van der Waals surface area (Å²) in [5.41, 5.74) is 0.301. The van der Waals surface area contributed by atoms with Gasteiger partial charge in [0, 0.05) is 0 Å². The first kappa shape index (κ1) is 14.4. The molecule has 1 fully saturated rings. The Balaban J connectivity index is 2.03. The van der Waals surface area contributed by atoms with Crippen LogP contribution in [0.4, 0.5) is 0 Å². The molecule has 2 unspecified atom stereocenters. The highest BCUT2D eigenvalue weighted by Crippen LogP contribution is 2.30. The van der Waals surface area contributed by atoms with E-state index in [0.29, 0.717) is 11.8 Å². The second-order valence-electron chi connectivity index (χ2n) is 6.17. The van der Waals surface area contributed by atoms with Crippen molar-refractivity contribution in [2.45, 2.75) is 18.8 Å². The Morgan fingerprint density at radius 3 is 1.17 bits per heavy atom. The zero-order valence-electron chi connectivity index (χ0n) is 13.2. The first-order valence-corrected chi connectivity index (χ1v) is 10.2. The van der Waals surface area contributed by atoms with E-state index in [4.69, 9.17) is 4.74 Å². The zero-order valence-corrected chi connectivity index (χ0v) is 14.2. The Morgan fingerprint density at radius 2 is 0.913 bits per heavy atom. The maximum atomic E-state index is 6.11. The third-order valence-corrected chi connectivity index (χ3v) is 10.0. The third-order valence-electron chi connectivity index (χ3n) is 4.83. The number of hydrogen-bond donors (Lipinski definition) is 0. The van der Waals surface area contributed by atoms with E-state index in [1.54, 1.807) is 0 Å². The Hall–Kier alpha value is -2.16. The van der Waals surface area contributed by atoms with Crippen LogP contribution in [0, 0.1) is 0 Å². The highest BCUT2D eigenvalue weighted by molar-refractivity contribution is 7.12. The van der Waals surface area contributed by atoms with E-state index in [1.807, 2.05) is 0 Å². The molecule has 1 heterocycles. The van der Waals surface area contributed by atoms with Crippen LogP contribution in [0.5, 0.6) is 0 Å². The predicted octanol–water partition coefficient (Wildman–Crippen LogP) is 2.48. The van der Waals surface area contributed by atoms with E-state index in [-0.39, 0.29) is 0 Å². The normalized spacial score (nSPS) is 20.2. The average molecular weight is 316 g/mol. The van der Waals surface area contributed by atoms with Crippen LogP contribution in [0.2, 0.25) is 0 Å². The summed E-state index contributed by atoms with van der Waals surface area (Å²) in [7, 11) is -2.18. The van der Waals surface area contributed by atoms with Crippen molar-refractivity contribution in [2.24, 2.45) is 0 Å². The zero-order chi connectivity index (χ0) is 15.7. The second-order valence-corrected chi connectivity index (χ2v) is 10.1. The summed E-state index contributed by atoms with van der Waals surface area (Å²) in [4.78, 5) is 0. The molecule has 3 aromatic rings. The minimum absolute atomic E-state index is 0.301. The smallest absolute Gasteiger partial charge is 0.182 e. The molecule has 1 aliphatic heterocycles. The van der Waals surface area contributed by atoms with Gasteiger partial charge in [0.05, 0.1) is 11.8 Å². The van der Waals surface area contributed by atoms with Crippen LogP contribution in [0.1, 0.15) is 6.92 Å². The van der Waals surface area contributed by atoms with Gasteiger partial charge >= 0.3 is 0 Å². The van der Waals surface area contributed by atoms with Crippen molar-refractivity contribution in [1.82, 2.24) is 0 Å². The SMILES string of the molecule is CC1OC1[Si](c1ccccc1)(c1ccccc1)c1ccccc1. The average Bonchev–Trinajstić information content (AvgIpc) is 3.35. The first-order valence-electron chi connectivity index (χ1n) is 8.15. The Morgan fingerprint density at radius 1 is 0.609 bits per heavy atom. The maximum Gasteiger partial charge on any atom is 0.182 e. The second kappa shape index (κ2) is 5.80. The van der Waals surface area contributed by atoms with Gasteiger partial charge in [-0.2, -0.15) is 0 Å². The Labute approximate surface area is 138 Å². The third kappa shape index (κ3) is 2.35. The fourth-order valence-electron chi connectivity index (χ4n) is 3.74. The Kier molecular flexibility index (Phi) is 3.64. The number of benzene rings is 3. The number of hydrogen-bond acceptors (Lipinski definition) is 1. The number of ether oxygens (including phenoxy) is 1. The van der Waals surface area contributed by atoms with Gasteiger partial charge in [0.2, 0.25) is 0 Å². The van der Waals surface area contributed by atoms with Crippen molar-refractivity contribution in [1.29, 1.82) is 0 Å². The largest absolute Gasteiger partial charge is 0.372 e. The molecule has 2 heteroatoms. The summed E-state index contributed by atoms with van der Waals surface area (Å²) in [6.45, 7) is 2.20. The lowest BCUT2D eigenvalue weighted by atomic mass is 10.3. The monoisotopic (exact) mass is 316 g/mol. The molecule has 0 bridgehead atoms. The van der Waals surface area contributed by atoms with Crippen molar-refractivity contribution in [3.8, 4) is 0 Å². The summed E-state index contributed by atoms with van der Waals surface area (Å²) in [6, 6.07) is 32.8. The van der Waals surface area contributed by atoms with Crippen molar-refractivity contribution in [2.75, 3.05) is 0 Å². The highest BCUT2D eigenvalue weighted by atomic mass is 28.3. The van der Waals surface area contributed by atoms with Gasteiger partial charge in [-0.05, 0) is 22.5 Å². The molecule has 0 amide bonds. The van der Waals surface area contributed by atoms with Gasteiger partial charge in [-0.25, -0.2) is 0 Å². The standard InChI is InChI=1S/C21H20OSi/c1-17-21(22-17)23(18-11-5-2-6-12-18,19-13-7-3-8-14-19)20-15-9-4-10-16-20/h2-17,21H,1H3. The molecule has 0 aliphatic carbocycles. The van der Waals surface area contributed by atoms with E-state index in [1.165, 1.54) is 15.6 Å². The topological polar surface area (TPSA) is 12.5 Å². The van der Waals surface area contributed by atoms with Gasteiger partial charge in [0.1, 0.15) is 0 Å². The maximum absolute atomic E-state index is 6.11. The highest BCUT2D eigenvalue weighted by Gasteiger charge is 2.57. The van der Waals surface area contributed by atoms with Crippen LogP contribution in [0.25, 0.3) is 0 Å². The Bertz CT molecular complexity index is 674. The quantitative estimate of drug-likeness (QED) is 0.409. The van der Waals surface area contributed by atoms with Crippen LogP contribution >= 0.6 is 0 Å². The van der Waals surface area contributed by atoms with Crippen molar-refractivity contribution >= 4 is 23.6 Å². The van der Waals surface area contributed by atoms with Crippen LogP contribution in [0.3, 0.4) is 0 Å². The van der Waals surface area contributed by atoms with E-state index in [2.05, 4.69) is 97.9 Å². The fraction of sp³-hybridized carbons (Fsp3) is 0.143. The lowest BCUT2D eigenvalue weighted by molar-refractivity contribution is 0.408. The van der Waals surface area contributed by atoms with Crippen LogP contribution in [0.15, 0.2) is 91.0 Å². The summed E-state index contributed by atoms with van der Waals surface area (Å²) in [5, 5.41) is 4.27. The van der Waals surface area contributed by atoms with Crippen molar-refractivity contribution in [3.63, 3.8) is 0 Å². The lowest BCUT2D eigenvalue weighted by Crippen LogP contribution is -2.71. The number of rotatable bonds is 4. The van der Waals surface area contributed by atoms with Gasteiger partial charge < -0.3 is 4.74 Å². The van der Waals surface area contributed by atoms with Crippen molar-refractivity contribution in [3.05, 3.63) is 91.0 Å². The van der Waals surface area contributed by atoms with Gasteiger partial charge in [-0.15, -0.1) is 0 Å². The molecule has 1 saturated heterocycles. The molecule has 114 valence electrons. The first-order chi connectivity index (χ1) is 11.3. The van der Waals surface area contributed by atoms with Crippen molar-refractivity contribution < 1.29 is 4.74 Å². The molecule has 3 aromatic carbocycles. The lowest BCUT2D eigenvalue weighted by Gasteiger charge is -2.32. The molecule has 0 radical (unpaired) electrons. The minimum Gasteiger partial charge on any atom is -0.372 e. The molecule has 2 atom stereocenters. The van der Waals surface area contributed by atoms with Gasteiger partial charge in [-0.3, -0.25) is 0 Å². The predicted molar refractivity (Wildman–Crippen MR) is 98.3 cm³/mol. The molecule has 0 aromatic heterocycles. The van der Waals surface area contributed by atoms with E-state index in [9.17, 15) is 0 Å². The molecular weight excluding hydrogens is 296 g/mol. The summed E-state index contributed by atoms with van der Waals surface area (Å²) < 4.78 is 6.11. The van der Waals surface area contributed by atoms with Crippen LogP contribution < -0.4 is 15.6 Å². The minimum atomic E-state index is -2.18. The van der Waals surface area contributed by atoms with Gasteiger partial charge in [-0.1, -0.05) is 91.0 Å². The van der Waals surface area contributed by atoms with E-state index in [0.717, 1.165) is 0 Å². The summed E-state index contributed by atoms with van der Waals surface area (Å²) in [5.74, 6) is 0. The molecule has 0 N–H and O–H groups in total. The molecule has 0 saturated carbocycles. The fourth-order valence-corrected chi connectivity index (χ4v) is 9.00. The van der Waals surface area contributed by atoms with Crippen LogP contribution in [-0.4, -0.2) is 19.9 Å². The summed E-state index contributed by atoms with van der Waals surface area (Å²) >= 11 is 0. The molecule has 0 spiro atoms. The van der Waals surface area contributed by atoms with Crippen LogP contribution in [-0.2, 0) is 4.74 Å². The van der Waals surface area contributed by atoms with Gasteiger partial charge in [0.25, 0.3) is 0 Å². The molecule has 1 nitrogen and oxygen atoms in total. The molecule has 1 aliphatic rings. The molecule has 4 rings (SSSR count). The number of epoxide rings is 1.